The lowest BCUT2D eigenvalue weighted by Gasteiger charge is -2.40. The highest BCUT2D eigenvalue weighted by atomic mass is 79.9. The summed E-state index contributed by atoms with van der Waals surface area (Å²) < 4.78 is 1.05. The van der Waals surface area contributed by atoms with Gasteiger partial charge in [-0.1, -0.05) is 60.8 Å². The number of hydrogen-bond donors (Lipinski definition) is 2. The van der Waals surface area contributed by atoms with Gasteiger partial charge in [-0.15, -0.1) is 0 Å². The molecule has 1 aromatic carbocycles. The minimum atomic E-state index is -0.355. The Morgan fingerprint density at radius 2 is 1.86 bits per heavy atom. The van der Waals surface area contributed by atoms with Crippen molar-refractivity contribution in [2.24, 2.45) is 17.1 Å². The lowest BCUT2D eigenvalue weighted by molar-refractivity contribution is -0.00517. The Morgan fingerprint density at radius 1 is 1.24 bits per heavy atom. The molecule has 2 unspecified atom stereocenters. The Balaban J connectivity index is 2.30. The SMILES string of the molecule is CC(C)CC1(C(O)C(CN)c2ccccc2Br)CCCC1. The number of halogens is 1. The van der Waals surface area contributed by atoms with Gasteiger partial charge in [0.2, 0.25) is 0 Å². The number of aliphatic hydroxyl groups is 1. The maximum atomic E-state index is 11.2. The molecule has 1 fully saturated rings. The molecule has 0 heterocycles. The van der Waals surface area contributed by atoms with Gasteiger partial charge >= 0.3 is 0 Å². The zero-order valence-corrected chi connectivity index (χ0v) is 14.8. The van der Waals surface area contributed by atoms with Crippen LogP contribution in [-0.2, 0) is 0 Å². The van der Waals surface area contributed by atoms with Crippen LogP contribution in [0.25, 0.3) is 0 Å². The first kappa shape index (κ1) is 17.0. The first-order valence-corrected chi connectivity index (χ1v) is 8.92. The lowest BCUT2D eigenvalue weighted by Crippen LogP contribution is -2.41. The van der Waals surface area contributed by atoms with Gasteiger partial charge in [0.25, 0.3) is 0 Å². The Kier molecular flexibility index (Phi) is 5.87. The summed E-state index contributed by atoms with van der Waals surface area (Å²) in [5.74, 6) is 0.618. The summed E-state index contributed by atoms with van der Waals surface area (Å²) in [4.78, 5) is 0. The highest BCUT2D eigenvalue weighted by Gasteiger charge is 2.44. The van der Waals surface area contributed by atoms with Gasteiger partial charge in [0.15, 0.2) is 0 Å². The fraction of sp³-hybridized carbons (Fsp3) is 0.667. The van der Waals surface area contributed by atoms with Crippen molar-refractivity contribution in [3.63, 3.8) is 0 Å². The minimum absolute atomic E-state index is 0.0115. The molecule has 1 aliphatic rings. The third-order valence-electron chi connectivity index (χ3n) is 4.98. The largest absolute Gasteiger partial charge is 0.392 e. The highest BCUT2D eigenvalue weighted by molar-refractivity contribution is 9.10. The van der Waals surface area contributed by atoms with Crippen molar-refractivity contribution in [1.82, 2.24) is 0 Å². The third-order valence-corrected chi connectivity index (χ3v) is 5.70. The highest BCUT2D eigenvalue weighted by Crippen LogP contribution is 2.49. The number of benzene rings is 1. The first-order chi connectivity index (χ1) is 10.00. The molecule has 0 aliphatic heterocycles. The van der Waals surface area contributed by atoms with E-state index in [4.69, 9.17) is 5.73 Å². The van der Waals surface area contributed by atoms with Crippen LogP contribution in [0.2, 0.25) is 0 Å². The molecule has 2 nitrogen and oxygen atoms in total. The van der Waals surface area contributed by atoms with Gasteiger partial charge in [0.05, 0.1) is 6.10 Å². The second kappa shape index (κ2) is 7.26. The van der Waals surface area contributed by atoms with Crippen LogP contribution in [0.1, 0.15) is 57.4 Å². The summed E-state index contributed by atoms with van der Waals surface area (Å²) in [5.41, 5.74) is 7.24. The number of rotatable bonds is 6. The van der Waals surface area contributed by atoms with Crippen molar-refractivity contribution in [2.45, 2.75) is 58.0 Å². The molecule has 1 aromatic rings. The van der Waals surface area contributed by atoms with E-state index in [2.05, 4.69) is 35.8 Å². The van der Waals surface area contributed by atoms with Crippen LogP contribution in [-0.4, -0.2) is 17.8 Å². The molecule has 2 rings (SSSR count). The fourth-order valence-electron chi connectivity index (χ4n) is 4.14. The van der Waals surface area contributed by atoms with Crippen molar-refractivity contribution in [1.29, 1.82) is 0 Å². The van der Waals surface area contributed by atoms with Crippen molar-refractivity contribution in [3.05, 3.63) is 34.3 Å². The molecular formula is C18H28BrNO. The third kappa shape index (κ3) is 3.69. The van der Waals surface area contributed by atoms with E-state index >= 15 is 0 Å². The Morgan fingerprint density at radius 3 is 2.38 bits per heavy atom. The van der Waals surface area contributed by atoms with Crippen molar-refractivity contribution in [3.8, 4) is 0 Å². The smallest absolute Gasteiger partial charge is 0.0677 e. The van der Waals surface area contributed by atoms with Crippen LogP contribution in [0.4, 0.5) is 0 Å². The van der Waals surface area contributed by atoms with Crippen LogP contribution in [0.3, 0.4) is 0 Å². The molecule has 0 saturated heterocycles. The van der Waals surface area contributed by atoms with Gasteiger partial charge in [-0.25, -0.2) is 0 Å². The molecule has 0 radical (unpaired) electrons. The zero-order chi connectivity index (χ0) is 15.5. The van der Waals surface area contributed by atoms with Crippen LogP contribution in [0.5, 0.6) is 0 Å². The summed E-state index contributed by atoms with van der Waals surface area (Å²) in [6.07, 6.45) is 5.47. The maximum Gasteiger partial charge on any atom is 0.0677 e. The van der Waals surface area contributed by atoms with Gasteiger partial charge in [-0.3, -0.25) is 0 Å². The van der Waals surface area contributed by atoms with Gasteiger partial charge in [-0.05, 0) is 42.2 Å². The van der Waals surface area contributed by atoms with Gasteiger partial charge in [0, 0.05) is 16.9 Å². The minimum Gasteiger partial charge on any atom is -0.392 e. The molecule has 0 bridgehead atoms. The summed E-state index contributed by atoms with van der Waals surface area (Å²) in [7, 11) is 0. The van der Waals surface area contributed by atoms with E-state index in [-0.39, 0.29) is 17.4 Å². The molecule has 0 amide bonds. The summed E-state index contributed by atoms with van der Waals surface area (Å²) >= 11 is 3.62. The first-order valence-electron chi connectivity index (χ1n) is 8.13. The van der Waals surface area contributed by atoms with Crippen LogP contribution >= 0.6 is 15.9 Å². The predicted molar refractivity (Wildman–Crippen MR) is 92.3 cm³/mol. The summed E-state index contributed by atoms with van der Waals surface area (Å²) in [5, 5.41) is 11.2. The van der Waals surface area contributed by atoms with Gasteiger partial charge in [0.1, 0.15) is 0 Å². The second-order valence-corrected chi connectivity index (χ2v) is 7.83. The Bertz CT molecular complexity index is 454. The van der Waals surface area contributed by atoms with E-state index in [0.29, 0.717) is 12.5 Å². The number of hydrogen-bond acceptors (Lipinski definition) is 2. The van der Waals surface area contributed by atoms with Crippen molar-refractivity contribution >= 4 is 15.9 Å². The topological polar surface area (TPSA) is 46.2 Å². The van der Waals surface area contributed by atoms with Gasteiger partial charge < -0.3 is 10.8 Å². The normalized spacial score (nSPS) is 20.7. The van der Waals surface area contributed by atoms with Crippen LogP contribution in [0.15, 0.2) is 28.7 Å². The van der Waals surface area contributed by atoms with E-state index in [0.717, 1.165) is 29.3 Å². The molecule has 2 atom stereocenters. The average molecular weight is 354 g/mol. The Labute approximate surface area is 137 Å². The van der Waals surface area contributed by atoms with E-state index in [9.17, 15) is 5.11 Å². The molecule has 118 valence electrons. The maximum absolute atomic E-state index is 11.2. The van der Waals surface area contributed by atoms with Gasteiger partial charge in [-0.2, -0.15) is 0 Å². The molecule has 3 heteroatoms. The summed E-state index contributed by atoms with van der Waals surface area (Å²) in [6, 6.07) is 8.16. The average Bonchev–Trinajstić information content (AvgIpc) is 2.90. The zero-order valence-electron chi connectivity index (χ0n) is 13.2. The lowest BCUT2D eigenvalue weighted by atomic mass is 9.68. The van der Waals surface area contributed by atoms with E-state index in [1.165, 1.54) is 12.8 Å². The monoisotopic (exact) mass is 353 g/mol. The van der Waals surface area contributed by atoms with Crippen molar-refractivity contribution < 1.29 is 5.11 Å². The fourth-order valence-corrected chi connectivity index (χ4v) is 4.72. The van der Waals surface area contributed by atoms with Crippen LogP contribution in [0, 0.1) is 11.3 Å². The molecule has 1 aliphatic carbocycles. The molecule has 21 heavy (non-hydrogen) atoms. The molecular weight excluding hydrogens is 326 g/mol. The Hall–Kier alpha value is -0.380. The molecule has 0 spiro atoms. The molecule has 3 N–H and O–H groups in total. The quantitative estimate of drug-likeness (QED) is 0.792. The van der Waals surface area contributed by atoms with Crippen LogP contribution < -0.4 is 5.73 Å². The predicted octanol–water partition coefficient (Wildman–Crippen LogP) is 4.46. The molecule has 1 saturated carbocycles. The summed E-state index contributed by atoms with van der Waals surface area (Å²) in [6.45, 7) is 5.00. The number of aliphatic hydroxyl groups excluding tert-OH is 1. The van der Waals surface area contributed by atoms with E-state index in [1.54, 1.807) is 0 Å². The van der Waals surface area contributed by atoms with Crippen molar-refractivity contribution in [2.75, 3.05) is 6.54 Å². The van der Waals surface area contributed by atoms with E-state index in [1.807, 2.05) is 18.2 Å². The number of nitrogens with two attached hydrogens (primary N) is 1. The second-order valence-electron chi connectivity index (χ2n) is 6.98. The standard InChI is InChI=1S/C18H28BrNO/c1-13(2)11-18(9-5-6-10-18)17(21)15(12-20)14-7-3-4-8-16(14)19/h3-4,7-8,13,15,17,21H,5-6,9-12,20H2,1-2H3. The molecule has 0 aromatic heterocycles. The van der Waals surface area contributed by atoms with E-state index < -0.39 is 0 Å².